The van der Waals surface area contributed by atoms with E-state index in [2.05, 4.69) is 5.32 Å². The molecule has 1 aromatic rings. The molecule has 5 nitrogen and oxygen atoms in total. The fourth-order valence-corrected chi connectivity index (χ4v) is 2.24. The minimum atomic E-state index is -0.357. The van der Waals surface area contributed by atoms with Crippen molar-refractivity contribution in [3.63, 3.8) is 0 Å². The molecule has 8 heteroatoms. The normalized spacial score (nSPS) is 11.3. The van der Waals surface area contributed by atoms with Crippen molar-refractivity contribution in [3.05, 3.63) is 28.2 Å². The third-order valence-electron chi connectivity index (χ3n) is 2.79. The first-order valence-corrected chi connectivity index (χ1v) is 7.38. The molecule has 0 aliphatic heterocycles. The summed E-state index contributed by atoms with van der Waals surface area (Å²) in [5, 5.41) is 3.32. The molecule has 0 fully saturated rings. The van der Waals surface area contributed by atoms with Gasteiger partial charge in [0.25, 0.3) is 0 Å². The van der Waals surface area contributed by atoms with Gasteiger partial charge in [0.15, 0.2) is 0 Å². The minimum Gasteiger partial charge on any atom is -0.334 e. The van der Waals surface area contributed by atoms with Crippen LogP contribution < -0.4 is 11.1 Å². The maximum atomic E-state index is 12.0. The zero-order valence-corrected chi connectivity index (χ0v) is 14.8. The van der Waals surface area contributed by atoms with Crippen LogP contribution in [0.3, 0.4) is 0 Å². The van der Waals surface area contributed by atoms with Gasteiger partial charge in [-0.3, -0.25) is 9.59 Å². The topological polar surface area (TPSA) is 75.4 Å². The zero-order valence-electron chi connectivity index (χ0n) is 12.4. The number of benzene rings is 1. The number of amides is 2. The second kappa shape index (κ2) is 9.90. The van der Waals surface area contributed by atoms with Crippen LogP contribution in [0.1, 0.15) is 20.3 Å². The molecule has 22 heavy (non-hydrogen) atoms. The molecular formula is C14H20Cl3N3O2. The lowest BCUT2D eigenvalue weighted by Crippen LogP contribution is -2.40. The summed E-state index contributed by atoms with van der Waals surface area (Å²) in [7, 11) is 0. The van der Waals surface area contributed by atoms with Gasteiger partial charge in [-0.1, -0.05) is 29.3 Å². The third kappa shape index (κ3) is 6.40. The van der Waals surface area contributed by atoms with E-state index >= 15 is 0 Å². The van der Waals surface area contributed by atoms with Crippen molar-refractivity contribution in [1.29, 1.82) is 0 Å². The SMILES string of the molecule is CCN(CC(=O)Nc1c(Cl)cccc1Cl)C(=O)CC(C)N.Cl. The zero-order chi connectivity index (χ0) is 16.0. The molecule has 0 radical (unpaired) electrons. The Labute approximate surface area is 146 Å². The summed E-state index contributed by atoms with van der Waals surface area (Å²) >= 11 is 12.0. The van der Waals surface area contributed by atoms with Crippen molar-refractivity contribution in [2.75, 3.05) is 18.4 Å². The predicted molar refractivity (Wildman–Crippen MR) is 92.9 cm³/mol. The first kappa shape index (κ1) is 21.0. The number of hydrogen-bond donors (Lipinski definition) is 2. The molecule has 0 bridgehead atoms. The molecule has 0 saturated heterocycles. The molecule has 3 N–H and O–H groups in total. The van der Waals surface area contributed by atoms with Gasteiger partial charge in [-0.2, -0.15) is 0 Å². The van der Waals surface area contributed by atoms with Crippen molar-refractivity contribution in [1.82, 2.24) is 4.90 Å². The van der Waals surface area contributed by atoms with Gasteiger partial charge in [-0.25, -0.2) is 0 Å². The van der Waals surface area contributed by atoms with E-state index in [0.29, 0.717) is 22.3 Å². The number of carbonyl (C=O) groups is 2. The van der Waals surface area contributed by atoms with Gasteiger partial charge in [-0.15, -0.1) is 12.4 Å². The van der Waals surface area contributed by atoms with Gasteiger partial charge in [-0.05, 0) is 26.0 Å². The van der Waals surface area contributed by atoms with Gasteiger partial charge in [0.1, 0.15) is 0 Å². The summed E-state index contributed by atoms with van der Waals surface area (Å²) in [6.07, 6.45) is 0.202. The van der Waals surface area contributed by atoms with E-state index < -0.39 is 0 Å². The van der Waals surface area contributed by atoms with E-state index in [-0.39, 0.29) is 43.2 Å². The van der Waals surface area contributed by atoms with Gasteiger partial charge in [0.2, 0.25) is 11.8 Å². The number of nitrogens with one attached hydrogen (secondary N) is 1. The summed E-state index contributed by atoms with van der Waals surface area (Å²) in [4.78, 5) is 25.4. The summed E-state index contributed by atoms with van der Waals surface area (Å²) < 4.78 is 0. The van der Waals surface area contributed by atoms with E-state index in [4.69, 9.17) is 28.9 Å². The van der Waals surface area contributed by atoms with Gasteiger partial charge < -0.3 is 16.0 Å². The number of para-hydroxylation sites is 1. The van der Waals surface area contributed by atoms with E-state index in [1.165, 1.54) is 4.90 Å². The Balaban J connectivity index is 0.00000441. The van der Waals surface area contributed by atoms with E-state index in [0.717, 1.165) is 0 Å². The average molecular weight is 369 g/mol. The fourth-order valence-electron chi connectivity index (χ4n) is 1.75. The van der Waals surface area contributed by atoms with E-state index in [9.17, 15) is 9.59 Å². The number of halogens is 3. The number of carbonyl (C=O) groups excluding carboxylic acids is 2. The van der Waals surface area contributed by atoms with E-state index in [1.54, 1.807) is 32.0 Å². The van der Waals surface area contributed by atoms with Crippen LogP contribution in [0.5, 0.6) is 0 Å². The highest BCUT2D eigenvalue weighted by Crippen LogP contribution is 2.29. The predicted octanol–water partition coefficient (Wildman–Crippen LogP) is 2.94. The lowest BCUT2D eigenvalue weighted by molar-refractivity contribution is -0.134. The van der Waals surface area contributed by atoms with Crippen LogP contribution in [-0.2, 0) is 9.59 Å². The Hall–Kier alpha value is -1.01. The largest absolute Gasteiger partial charge is 0.334 e. The highest BCUT2D eigenvalue weighted by molar-refractivity contribution is 6.39. The second-order valence-corrected chi connectivity index (χ2v) is 5.55. The molecule has 124 valence electrons. The molecule has 1 unspecified atom stereocenters. The molecule has 1 rings (SSSR count). The standard InChI is InChI=1S/C14H19Cl2N3O2.ClH/c1-3-19(13(21)7-9(2)17)8-12(20)18-14-10(15)5-4-6-11(14)16;/h4-6,9H,3,7-8,17H2,1-2H3,(H,18,20);1H. The number of nitrogens with two attached hydrogens (primary N) is 1. The Kier molecular flexibility index (Phi) is 9.44. The molecule has 2 amide bonds. The van der Waals surface area contributed by atoms with Crippen LogP contribution in [0, 0.1) is 0 Å². The van der Waals surface area contributed by atoms with Gasteiger partial charge in [0, 0.05) is 19.0 Å². The van der Waals surface area contributed by atoms with Gasteiger partial charge in [0.05, 0.1) is 22.3 Å². The quantitative estimate of drug-likeness (QED) is 0.810. The second-order valence-electron chi connectivity index (χ2n) is 4.73. The van der Waals surface area contributed by atoms with Crippen molar-refractivity contribution < 1.29 is 9.59 Å². The molecule has 1 aromatic carbocycles. The molecule has 1 atom stereocenters. The van der Waals surface area contributed by atoms with Crippen molar-refractivity contribution >= 4 is 53.1 Å². The van der Waals surface area contributed by atoms with Crippen LogP contribution in [-0.4, -0.2) is 35.8 Å². The van der Waals surface area contributed by atoms with Crippen LogP contribution in [0.2, 0.25) is 10.0 Å². The maximum absolute atomic E-state index is 12.0. The Morgan fingerprint density at radius 1 is 1.32 bits per heavy atom. The molecule has 0 aliphatic carbocycles. The van der Waals surface area contributed by atoms with Crippen LogP contribution in [0.15, 0.2) is 18.2 Å². The highest BCUT2D eigenvalue weighted by Gasteiger charge is 2.18. The molecule has 0 aromatic heterocycles. The molecular weight excluding hydrogens is 349 g/mol. The van der Waals surface area contributed by atoms with Crippen LogP contribution in [0.25, 0.3) is 0 Å². The molecule has 0 heterocycles. The lowest BCUT2D eigenvalue weighted by atomic mass is 10.2. The van der Waals surface area contributed by atoms with Crippen LogP contribution >= 0.6 is 35.6 Å². The average Bonchev–Trinajstić information content (AvgIpc) is 2.39. The monoisotopic (exact) mass is 367 g/mol. The third-order valence-corrected chi connectivity index (χ3v) is 3.42. The molecule has 0 saturated carbocycles. The fraction of sp³-hybridized carbons (Fsp3) is 0.429. The van der Waals surface area contributed by atoms with E-state index in [1.807, 2.05) is 0 Å². The van der Waals surface area contributed by atoms with Crippen molar-refractivity contribution in [2.45, 2.75) is 26.3 Å². The van der Waals surface area contributed by atoms with Crippen molar-refractivity contribution in [3.8, 4) is 0 Å². The summed E-state index contributed by atoms with van der Waals surface area (Å²) in [5.41, 5.74) is 5.95. The van der Waals surface area contributed by atoms with Gasteiger partial charge >= 0.3 is 0 Å². The Morgan fingerprint density at radius 2 is 1.86 bits per heavy atom. The number of likely N-dealkylation sites (N-methyl/N-ethyl adjacent to an activating group) is 1. The first-order chi connectivity index (χ1) is 9.85. The van der Waals surface area contributed by atoms with Crippen LogP contribution in [0.4, 0.5) is 5.69 Å². The minimum absolute atomic E-state index is 0. The smallest absolute Gasteiger partial charge is 0.244 e. The summed E-state index contributed by atoms with van der Waals surface area (Å²) in [6.45, 7) is 3.91. The maximum Gasteiger partial charge on any atom is 0.244 e. The number of rotatable bonds is 6. The first-order valence-electron chi connectivity index (χ1n) is 6.62. The lowest BCUT2D eigenvalue weighted by Gasteiger charge is -2.21. The highest BCUT2D eigenvalue weighted by atomic mass is 35.5. The summed E-state index contributed by atoms with van der Waals surface area (Å²) in [6, 6.07) is 4.70. The number of anilines is 1. The Morgan fingerprint density at radius 3 is 2.32 bits per heavy atom. The Bertz CT molecular complexity index is 504. The number of nitrogens with zero attached hydrogens (tertiary/aromatic N) is 1. The van der Waals surface area contributed by atoms with Crippen molar-refractivity contribution in [2.24, 2.45) is 5.73 Å². The molecule has 0 aliphatic rings. The number of hydrogen-bond acceptors (Lipinski definition) is 3. The summed E-state index contributed by atoms with van der Waals surface area (Å²) in [5.74, 6) is -0.516. The molecule has 0 spiro atoms.